The molecule has 0 bridgehead atoms. The summed E-state index contributed by atoms with van der Waals surface area (Å²) in [5.74, 6) is -1.89. The summed E-state index contributed by atoms with van der Waals surface area (Å²) >= 11 is 0. The molecule has 1 aliphatic heterocycles. The van der Waals surface area contributed by atoms with Gasteiger partial charge in [0.1, 0.15) is 0 Å². The van der Waals surface area contributed by atoms with E-state index in [4.69, 9.17) is 0 Å². The molecular formula is C17H17F2NO. The summed E-state index contributed by atoms with van der Waals surface area (Å²) in [5.41, 5.74) is 2.31. The van der Waals surface area contributed by atoms with Gasteiger partial charge in [-0.3, -0.25) is 0 Å². The van der Waals surface area contributed by atoms with Gasteiger partial charge in [0.2, 0.25) is 0 Å². The first kappa shape index (κ1) is 14.0. The standard InChI is InChI=1S/C17H17F2NO/c18-14-8-3-7-13(17(14)19)16(21)11-20-10-4-6-12-5-1-2-9-15(12)20/h1-3,5,7-9,16,21H,4,6,10-11H2. The lowest BCUT2D eigenvalue weighted by Crippen LogP contribution is -2.33. The third-order valence-corrected chi connectivity index (χ3v) is 3.94. The van der Waals surface area contributed by atoms with Crippen LogP contribution in [0.25, 0.3) is 0 Å². The molecule has 1 aliphatic rings. The van der Waals surface area contributed by atoms with E-state index in [-0.39, 0.29) is 12.1 Å². The third kappa shape index (κ3) is 2.76. The van der Waals surface area contributed by atoms with E-state index >= 15 is 0 Å². The molecule has 1 unspecified atom stereocenters. The van der Waals surface area contributed by atoms with E-state index in [0.717, 1.165) is 31.1 Å². The van der Waals surface area contributed by atoms with Gasteiger partial charge in [-0.1, -0.05) is 30.3 Å². The summed E-state index contributed by atoms with van der Waals surface area (Å²) in [5, 5.41) is 10.3. The van der Waals surface area contributed by atoms with E-state index in [0.29, 0.717) is 0 Å². The monoisotopic (exact) mass is 289 g/mol. The van der Waals surface area contributed by atoms with E-state index < -0.39 is 17.7 Å². The van der Waals surface area contributed by atoms with Crippen LogP contribution in [0.3, 0.4) is 0 Å². The maximum Gasteiger partial charge on any atom is 0.164 e. The number of aryl methyl sites for hydroxylation is 1. The Labute approximate surface area is 122 Å². The van der Waals surface area contributed by atoms with Crippen molar-refractivity contribution in [2.45, 2.75) is 18.9 Å². The lowest BCUT2D eigenvalue weighted by atomic mass is 10.0. The van der Waals surface area contributed by atoms with E-state index in [9.17, 15) is 13.9 Å². The Morgan fingerprint density at radius 3 is 2.76 bits per heavy atom. The summed E-state index contributed by atoms with van der Waals surface area (Å²) in [4.78, 5) is 2.04. The van der Waals surface area contributed by atoms with Gasteiger partial charge in [-0.25, -0.2) is 8.78 Å². The summed E-state index contributed by atoms with van der Waals surface area (Å²) in [6.07, 6.45) is 0.957. The van der Waals surface area contributed by atoms with Gasteiger partial charge < -0.3 is 10.0 Å². The second-order valence-electron chi connectivity index (χ2n) is 5.34. The molecule has 3 rings (SSSR count). The molecule has 0 aromatic heterocycles. The van der Waals surface area contributed by atoms with Crippen molar-refractivity contribution in [3.63, 3.8) is 0 Å². The fraction of sp³-hybridized carbons (Fsp3) is 0.294. The molecule has 4 heteroatoms. The molecule has 110 valence electrons. The van der Waals surface area contributed by atoms with E-state index in [1.165, 1.54) is 17.7 Å². The SMILES string of the molecule is OC(CN1CCCc2ccccc21)c1cccc(F)c1F. The van der Waals surface area contributed by atoms with Crippen molar-refractivity contribution in [3.8, 4) is 0 Å². The number of para-hydroxylation sites is 1. The molecule has 0 fully saturated rings. The minimum Gasteiger partial charge on any atom is -0.386 e. The maximum absolute atomic E-state index is 13.7. The largest absolute Gasteiger partial charge is 0.386 e. The van der Waals surface area contributed by atoms with Gasteiger partial charge in [-0.15, -0.1) is 0 Å². The molecule has 0 amide bonds. The first-order valence-corrected chi connectivity index (χ1v) is 7.11. The normalized spacial score (nSPS) is 15.7. The van der Waals surface area contributed by atoms with Crippen molar-refractivity contribution in [2.24, 2.45) is 0 Å². The molecule has 21 heavy (non-hydrogen) atoms. The van der Waals surface area contributed by atoms with Crippen LogP contribution in [0, 0.1) is 11.6 Å². The molecule has 0 aliphatic carbocycles. The molecule has 2 aromatic rings. The highest BCUT2D eigenvalue weighted by atomic mass is 19.2. The van der Waals surface area contributed by atoms with Gasteiger partial charge in [0.25, 0.3) is 0 Å². The first-order chi connectivity index (χ1) is 10.2. The minimum absolute atomic E-state index is 0.0121. The quantitative estimate of drug-likeness (QED) is 0.935. The summed E-state index contributed by atoms with van der Waals surface area (Å²) < 4.78 is 27.0. The predicted molar refractivity (Wildman–Crippen MR) is 78.3 cm³/mol. The van der Waals surface area contributed by atoms with Crippen molar-refractivity contribution in [3.05, 3.63) is 65.2 Å². The number of hydrogen-bond donors (Lipinski definition) is 1. The van der Waals surface area contributed by atoms with Crippen LogP contribution in [0.4, 0.5) is 14.5 Å². The van der Waals surface area contributed by atoms with Crippen LogP contribution < -0.4 is 4.90 Å². The summed E-state index contributed by atoms with van der Waals surface area (Å²) in [6, 6.07) is 11.9. The zero-order chi connectivity index (χ0) is 14.8. The van der Waals surface area contributed by atoms with Crippen LogP contribution in [0.2, 0.25) is 0 Å². The Hall–Kier alpha value is -1.94. The number of rotatable bonds is 3. The van der Waals surface area contributed by atoms with Crippen LogP contribution in [0.5, 0.6) is 0 Å². The highest BCUT2D eigenvalue weighted by molar-refractivity contribution is 5.55. The lowest BCUT2D eigenvalue weighted by molar-refractivity contribution is 0.176. The van der Waals surface area contributed by atoms with E-state index in [1.54, 1.807) is 0 Å². The first-order valence-electron chi connectivity index (χ1n) is 7.11. The molecule has 1 N–H and O–H groups in total. The Bertz CT molecular complexity index is 644. The Kier molecular flexibility index (Phi) is 3.88. The number of hydrogen-bond acceptors (Lipinski definition) is 2. The highest BCUT2D eigenvalue weighted by Gasteiger charge is 2.22. The van der Waals surface area contributed by atoms with E-state index in [2.05, 4.69) is 6.07 Å². The number of halogens is 2. The number of β-amino-alcohol motifs (C(OH)–C–C–N with tert-alkyl or cyclic N) is 1. The topological polar surface area (TPSA) is 23.5 Å². The number of aliphatic hydroxyl groups excluding tert-OH is 1. The predicted octanol–water partition coefficient (Wildman–Crippen LogP) is 3.45. The molecule has 0 saturated carbocycles. The van der Waals surface area contributed by atoms with Crippen LogP contribution in [0.1, 0.15) is 23.7 Å². The molecule has 0 spiro atoms. The number of nitrogens with zero attached hydrogens (tertiary/aromatic N) is 1. The van der Waals surface area contributed by atoms with Gasteiger partial charge in [0.15, 0.2) is 11.6 Å². The highest BCUT2D eigenvalue weighted by Crippen LogP contribution is 2.29. The van der Waals surface area contributed by atoms with Crippen molar-refractivity contribution >= 4 is 5.69 Å². The number of benzene rings is 2. The fourth-order valence-electron chi connectivity index (χ4n) is 2.89. The zero-order valence-corrected chi connectivity index (χ0v) is 11.6. The number of fused-ring (bicyclic) bond motifs is 1. The number of aliphatic hydroxyl groups is 1. The van der Waals surface area contributed by atoms with Crippen molar-refractivity contribution < 1.29 is 13.9 Å². The van der Waals surface area contributed by atoms with Gasteiger partial charge in [-0.2, -0.15) is 0 Å². The molecule has 1 heterocycles. The molecule has 2 nitrogen and oxygen atoms in total. The van der Waals surface area contributed by atoms with Crippen LogP contribution in [-0.4, -0.2) is 18.2 Å². The van der Waals surface area contributed by atoms with Gasteiger partial charge in [0, 0.05) is 24.3 Å². The molecular weight excluding hydrogens is 272 g/mol. The fourth-order valence-corrected chi connectivity index (χ4v) is 2.89. The average molecular weight is 289 g/mol. The van der Waals surface area contributed by atoms with Crippen LogP contribution in [0.15, 0.2) is 42.5 Å². The number of anilines is 1. The Morgan fingerprint density at radius 1 is 1.10 bits per heavy atom. The smallest absolute Gasteiger partial charge is 0.164 e. The summed E-state index contributed by atoms with van der Waals surface area (Å²) in [7, 11) is 0. The van der Waals surface area contributed by atoms with Gasteiger partial charge in [-0.05, 0) is 30.5 Å². The van der Waals surface area contributed by atoms with Crippen LogP contribution >= 0.6 is 0 Å². The van der Waals surface area contributed by atoms with Gasteiger partial charge >= 0.3 is 0 Å². The van der Waals surface area contributed by atoms with Crippen molar-refractivity contribution in [1.29, 1.82) is 0 Å². The van der Waals surface area contributed by atoms with Crippen molar-refractivity contribution in [2.75, 3.05) is 18.0 Å². The second-order valence-corrected chi connectivity index (χ2v) is 5.34. The second kappa shape index (κ2) is 5.82. The third-order valence-electron chi connectivity index (χ3n) is 3.94. The molecule has 0 saturated heterocycles. The molecule has 2 aromatic carbocycles. The minimum atomic E-state index is -1.05. The Balaban J connectivity index is 1.83. The molecule has 0 radical (unpaired) electrons. The maximum atomic E-state index is 13.7. The Morgan fingerprint density at radius 2 is 1.90 bits per heavy atom. The lowest BCUT2D eigenvalue weighted by Gasteiger charge is -2.33. The average Bonchev–Trinajstić information content (AvgIpc) is 2.50. The molecule has 1 atom stereocenters. The van der Waals surface area contributed by atoms with Gasteiger partial charge in [0.05, 0.1) is 6.10 Å². The van der Waals surface area contributed by atoms with Crippen molar-refractivity contribution in [1.82, 2.24) is 0 Å². The summed E-state index contributed by atoms with van der Waals surface area (Å²) in [6.45, 7) is 1.07. The van der Waals surface area contributed by atoms with E-state index in [1.807, 2.05) is 23.1 Å². The zero-order valence-electron chi connectivity index (χ0n) is 11.6. The van der Waals surface area contributed by atoms with Crippen LogP contribution in [-0.2, 0) is 6.42 Å².